The Labute approximate surface area is 115 Å². The average Bonchev–Trinajstić information content (AvgIpc) is 3.01. The first-order valence-corrected chi connectivity index (χ1v) is 7.62. The fraction of sp³-hybridized carbons (Fsp3) is 0.462. The van der Waals surface area contributed by atoms with E-state index in [1.54, 1.807) is 11.8 Å². The molecule has 6 heteroatoms. The van der Waals surface area contributed by atoms with Crippen molar-refractivity contribution in [3.63, 3.8) is 0 Å². The second-order valence-corrected chi connectivity index (χ2v) is 5.63. The van der Waals surface area contributed by atoms with Gasteiger partial charge in [0.2, 0.25) is 0 Å². The monoisotopic (exact) mass is 277 g/mol. The summed E-state index contributed by atoms with van der Waals surface area (Å²) in [4.78, 5) is 12.2. The van der Waals surface area contributed by atoms with E-state index in [0.29, 0.717) is 11.3 Å². The topological polar surface area (TPSA) is 60.9 Å². The average molecular weight is 277 g/mol. The summed E-state index contributed by atoms with van der Waals surface area (Å²) in [6, 6.07) is 1.93. The number of hydrogen-bond acceptors (Lipinski definition) is 5. The summed E-state index contributed by atoms with van der Waals surface area (Å²) in [5.74, 6) is 1.58. The molecule has 0 radical (unpaired) electrons. The normalized spacial score (nSPS) is 14.8. The van der Waals surface area contributed by atoms with Gasteiger partial charge < -0.3 is 4.52 Å². The van der Waals surface area contributed by atoms with Crippen molar-refractivity contribution in [3.05, 3.63) is 23.5 Å². The highest BCUT2D eigenvalue weighted by Crippen LogP contribution is 2.36. The molecule has 1 aliphatic carbocycles. The fourth-order valence-corrected chi connectivity index (χ4v) is 2.56. The van der Waals surface area contributed by atoms with Gasteiger partial charge in [-0.05, 0) is 32.1 Å². The summed E-state index contributed by atoms with van der Waals surface area (Å²) < 4.78 is 7.16. The maximum Gasteiger partial charge on any atom is 0.195 e. The summed E-state index contributed by atoms with van der Waals surface area (Å²) in [5, 5.41) is 8.21. The van der Waals surface area contributed by atoms with Crippen LogP contribution in [0.2, 0.25) is 0 Å². The number of aryl methyl sites for hydroxylation is 1. The third kappa shape index (κ3) is 2.32. The van der Waals surface area contributed by atoms with Crippen LogP contribution in [0, 0.1) is 12.8 Å². The minimum atomic E-state index is 0.144. The molecule has 0 saturated heterocycles. The molecule has 100 valence electrons. The zero-order valence-electron chi connectivity index (χ0n) is 10.9. The molecule has 5 nitrogen and oxygen atoms in total. The van der Waals surface area contributed by atoms with Crippen LogP contribution in [0.1, 0.15) is 28.9 Å². The van der Waals surface area contributed by atoms with Gasteiger partial charge in [-0.25, -0.2) is 0 Å². The van der Waals surface area contributed by atoms with Crippen LogP contribution < -0.4 is 0 Å². The van der Waals surface area contributed by atoms with Crippen LogP contribution in [0.15, 0.2) is 16.8 Å². The van der Waals surface area contributed by atoms with Crippen molar-refractivity contribution >= 4 is 17.5 Å². The molecule has 2 heterocycles. The van der Waals surface area contributed by atoms with Crippen LogP contribution in [0.25, 0.3) is 11.5 Å². The van der Waals surface area contributed by atoms with E-state index in [2.05, 4.69) is 10.3 Å². The fourth-order valence-electron chi connectivity index (χ4n) is 2.11. The maximum atomic E-state index is 12.2. The van der Waals surface area contributed by atoms with E-state index in [1.807, 2.05) is 23.9 Å². The first kappa shape index (κ1) is 12.5. The predicted molar refractivity (Wildman–Crippen MR) is 73.0 cm³/mol. The highest BCUT2D eigenvalue weighted by molar-refractivity contribution is 7.97. The summed E-state index contributed by atoms with van der Waals surface area (Å²) >= 11 is 1.67. The molecule has 0 aromatic carbocycles. The van der Waals surface area contributed by atoms with Gasteiger partial charge in [0, 0.05) is 5.92 Å². The minimum Gasteiger partial charge on any atom is -0.354 e. The Morgan fingerprint density at radius 3 is 3.05 bits per heavy atom. The summed E-state index contributed by atoms with van der Waals surface area (Å²) in [6.45, 7) is 1.93. The van der Waals surface area contributed by atoms with Crippen LogP contribution >= 0.6 is 11.8 Å². The van der Waals surface area contributed by atoms with Gasteiger partial charge in [0.15, 0.2) is 11.5 Å². The van der Waals surface area contributed by atoms with Crippen LogP contribution in [0.5, 0.6) is 0 Å². The van der Waals surface area contributed by atoms with Gasteiger partial charge in [0.25, 0.3) is 0 Å². The largest absolute Gasteiger partial charge is 0.354 e. The summed E-state index contributed by atoms with van der Waals surface area (Å²) in [6.07, 6.45) is 5.50. The van der Waals surface area contributed by atoms with Crippen molar-refractivity contribution in [2.75, 3.05) is 6.26 Å². The van der Waals surface area contributed by atoms with Crippen LogP contribution in [-0.2, 0) is 5.88 Å². The lowest BCUT2D eigenvalue weighted by Gasteiger charge is -2.04. The lowest BCUT2D eigenvalue weighted by atomic mass is 10.1. The molecule has 0 amide bonds. The van der Waals surface area contributed by atoms with E-state index in [1.165, 1.54) is 6.20 Å². The molecule has 2 aromatic heterocycles. The first-order chi connectivity index (χ1) is 9.20. The van der Waals surface area contributed by atoms with Crippen LogP contribution in [-0.4, -0.2) is 27.0 Å². The van der Waals surface area contributed by atoms with E-state index >= 15 is 0 Å². The van der Waals surface area contributed by atoms with Crippen molar-refractivity contribution in [3.8, 4) is 11.5 Å². The number of rotatable bonds is 5. The smallest absolute Gasteiger partial charge is 0.195 e. The number of ketones is 1. The second kappa shape index (κ2) is 4.85. The Balaban J connectivity index is 2.02. The molecule has 0 N–H and O–H groups in total. The Morgan fingerprint density at radius 2 is 2.37 bits per heavy atom. The Kier molecular flexibility index (Phi) is 3.18. The number of Topliss-reactive ketones (excluding diaryl/α,β-unsaturated/α-hetero) is 1. The molecule has 0 atom stereocenters. The van der Waals surface area contributed by atoms with Crippen molar-refractivity contribution in [2.45, 2.75) is 25.6 Å². The number of aromatic nitrogens is 3. The maximum absolute atomic E-state index is 12.2. The highest BCUT2D eigenvalue weighted by atomic mass is 32.2. The van der Waals surface area contributed by atoms with Crippen molar-refractivity contribution in [2.24, 2.45) is 5.92 Å². The zero-order valence-corrected chi connectivity index (χ0v) is 11.7. The van der Waals surface area contributed by atoms with Crippen molar-refractivity contribution in [1.82, 2.24) is 14.9 Å². The molecule has 0 unspecified atom stereocenters. The zero-order chi connectivity index (χ0) is 13.4. The molecule has 2 aromatic rings. The molecule has 0 spiro atoms. The Morgan fingerprint density at radius 1 is 1.58 bits per heavy atom. The van der Waals surface area contributed by atoms with Gasteiger partial charge in [-0.3, -0.25) is 9.48 Å². The third-order valence-corrected chi connectivity index (χ3v) is 3.67. The van der Waals surface area contributed by atoms with Gasteiger partial charge >= 0.3 is 0 Å². The third-order valence-electron chi connectivity index (χ3n) is 3.17. The molecule has 0 bridgehead atoms. The minimum absolute atomic E-state index is 0.144. The van der Waals surface area contributed by atoms with Gasteiger partial charge in [-0.2, -0.15) is 5.10 Å². The second-order valence-electron chi connectivity index (χ2n) is 4.80. The molecule has 1 saturated carbocycles. The number of carbonyl (C=O) groups excluding carboxylic acids is 1. The molecular weight excluding hydrogens is 262 g/mol. The Hall–Kier alpha value is -1.56. The van der Waals surface area contributed by atoms with Crippen LogP contribution in [0.4, 0.5) is 0 Å². The van der Waals surface area contributed by atoms with Crippen LogP contribution in [0.3, 0.4) is 0 Å². The van der Waals surface area contributed by atoms with Crippen molar-refractivity contribution < 1.29 is 9.32 Å². The van der Waals surface area contributed by atoms with E-state index in [0.717, 1.165) is 30.1 Å². The molecule has 3 rings (SSSR count). The molecule has 1 aliphatic rings. The highest BCUT2D eigenvalue weighted by Gasteiger charge is 2.34. The molecular formula is C13H15N3O2S. The Bertz CT molecular complexity index is 613. The molecule has 19 heavy (non-hydrogen) atoms. The van der Waals surface area contributed by atoms with E-state index in [9.17, 15) is 4.79 Å². The van der Waals surface area contributed by atoms with Gasteiger partial charge in [-0.1, -0.05) is 5.16 Å². The lowest BCUT2D eigenvalue weighted by molar-refractivity contribution is 0.0968. The standard InChI is InChI=1S/C13H15N3O2S/c1-8-5-11(16(15-8)7-19-2)13-10(6-14-18-13)12(17)9-3-4-9/h5-6,9H,3-4,7H2,1-2H3. The van der Waals surface area contributed by atoms with E-state index < -0.39 is 0 Å². The van der Waals surface area contributed by atoms with E-state index in [-0.39, 0.29) is 11.7 Å². The lowest BCUT2D eigenvalue weighted by Crippen LogP contribution is -2.04. The summed E-state index contributed by atoms with van der Waals surface area (Å²) in [5.41, 5.74) is 2.32. The van der Waals surface area contributed by atoms with Gasteiger partial charge in [0.1, 0.15) is 5.69 Å². The SMILES string of the molecule is CSCn1nc(C)cc1-c1oncc1C(=O)C1CC1. The summed E-state index contributed by atoms with van der Waals surface area (Å²) in [7, 11) is 0. The first-order valence-electron chi connectivity index (χ1n) is 6.23. The van der Waals surface area contributed by atoms with E-state index in [4.69, 9.17) is 4.52 Å². The predicted octanol–water partition coefficient (Wildman–Crippen LogP) is 2.76. The molecule has 0 aliphatic heterocycles. The number of carbonyl (C=O) groups is 1. The number of nitrogens with zero attached hydrogens (tertiary/aromatic N) is 3. The molecule has 1 fully saturated rings. The van der Waals surface area contributed by atoms with Gasteiger partial charge in [0.05, 0.1) is 23.3 Å². The number of hydrogen-bond donors (Lipinski definition) is 0. The number of thioether (sulfide) groups is 1. The quantitative estimate of drug-likeness (QED) is 0.786. The van der Waals surface area contributed by atoms with Crippen molar-refractivity contribution in [1.29, 1.82) is 0 Å². The van der Waals surface area contributed by atoms with Gasteiger partial charge in [-0.15, -0.1) is 11.8 Å².